The van der Waals surface area contributed by atoms with Gasteiger partial charge >= 0.3 is 29.8 Å². The van der Waals surface area contributed by atoms with Crippen molar-refractivity contribution < 1.29 is 52.8 Å². The molecule has 0 amide bonds. The highest BCUT2D eigenvalue weighted by Crippen LogP contribution is 2.30. The first-order valence-corrected chi connectivity index (χ1v) is 9.34. The van der Waals surface area contributed by atoms with Gasteiger partial charge in [0.05, 0.1) is 0 Å². The minimum atomic E-state index is -1.83. The molecule has 5 atom stereocenters. The lowest BCUT2D eigenvalue weighted by molar-refractivity contribution is -0.294. The molecule has 1 N–H and O–H groups in total. The molecule has 1 rings (SSSR count). The molecule has 0 aliphatic carbocycles. The Morgan fingerprint density at radius 3 is 1.45 bits per heavy atom. The number of hydrogen-bond donors (Lipinski definition) is 1. The van der Waals surface area contributed by atoms with Crippen molar-refractivity contribution in [3.05, 3.63) is 0 Å². The van der Waals surface area contributed by atoms with E-state index in [0.29, 0.717) is 0 Å². The molecule has 0 aromatic rings. The summed E-state index contributed by atoms with van der Waals surface area (Å²) in [4.78, 5) is 59.2. The summed E-state index contributed by atoms with van der Waals surface area (Å²) in [5, 5.41) is 9.52. The van der Waals surface area contributed by atoms with Gasteiger partial charge in [-0.25, -0.2) is 4.79 Å². The molecule has 0 radical (unpaired) electrons. The molecule has 29 heavy (non-hydrogen) atoms. The SMILES string of the molecule is CCC(=O)O[C@@H]1O[C@H](C(=O)O)[C@@H](OC(=O)CC)[C@H](OC(=O)CC)[C@H]1OC(=O)CC. The average molecular weight is 418 g/mol. The molecule has 0 spiro atoms. The van der Waals surface area contributed by atoms with Gasteiger partial charge in [-0.05, 0) is 0 Å². The first-order chi connectivity index (χ1) is 13.7. The van der Waals surface area contributed by atoms with E-state index in [-0.39, 0.29) is 25.7 Å². The van der Waals surface area contributed by atoms with Crippen molar-refractivity contribution >= 4 is 29.8 Å². The van der Waals surface area contributed by atoms with Crippen molar-refractivity contribution in [1.82, 2.24) is 0 Å². The van der Waals surface area contributed by atoms with E-state index in [4.69, 9.17) is 23.7 Å². The monoisotopic (exact) mass is 418 g/mol. The number of carboxylic acids is 1. The first-order valence-electron chi connectivity index (χ1n) is 9.34. The Labute approximate surface area is 167 Å². The summed E-state index contributed by atoms with van der Waals surface area (Å²) in [7, 11) is 0. The number of rotatable bonds is 9. The second kappa shape index (κ2) is 11.3. The van der Waals surface area contributed by atoms with Crippen molar-refractivity contribution in [2.45, 2.75) is 84.1 Å². The van der Waals surface area contributed by atoms with Crippen LogP contribution in [0.2, 0.25) is 0 Å². The molecule has 1 aliphatic heterocycles. The quantitative estimate of drug-likeness (QED) is 0.416. The molecule has 11 nitrogen and oxygen atoms in total. The van der Waals surface area contributed by atoms with E-state index in [2.05, 4.69) is 0 Å². The number of carboxylic acid groups (broad SMARTS) is 1. The molecule has 0 bridgehead atoms. The fourth-order valence-electron chi connectivity index (χ4n) is 2.41. The van der Waals surface area contributed by atoms with Crippen LogP contribution in [0.25, 0.3) is 0 Å². The summed E-state index contributed by atoms with van der Waals surface area (Å²) in [6.07, 6.45) is -8.53. The van der Waals surface area contributed by atoms with Crippen LogP contribution >= 0.6 is 0 Å². The second-order valence-electron chi connectivity index (χ2n) is 6.03. The summed E-state index contributed by atoms with van der Waals surface area (Å²) in [6, 6.07) is 0. The molecule has 164 valence electrons. The lowest BCUT2D eigenvalue weighted by Gasteiger charge is -2.42. The Bertz CT molecular complexity index is 629. The van der Waals surface area contributed by atoms with Gasteiger partial charge in [-0.1, -0.05) is 27.7 Å². The van der Waals surface area contributed by atoms with Crippen LogP contribution in [0.15, 0.2) is 0 Å². The lowest BCUT2D eigenvalue weighted by atomic mass is 9.97. The predicted molar refractivity (Wildman–Crippen MR) is 93.2 cm³/mol. The van der Waals surface area contributed by atoms with Crippen molar-refractivity contribution in [2.24, 2.45) is 0 Å². The van der Waals surface area contributed by atoms with E-state index in [9.17, 15) is 29.1 Å². The highest BCUT2D eigenvalue weighted by Gasteiger charge is 2.56. The third kappa shape index (κ3) is 6.70. The van der Waals surface area contributed by atoms with Gasteiger partial charge in [-0.3, -0.25) is 19.2 Å². The van der Waals surface area contributed by atoms with Crippen molar-refractivity contribution in [3.63, 3.8) is 0 Å². The van der Waals surface area contributed by atoms with Gasteiger partial charge < -0.3 is 28.8 Å². The molecule has 1 aliphatic rings. The smallest absolute Gasteiger partial charge is 0.337 e. The van der Waals surface area contributed by atoms with E-state index in [0.717, 1.165) is 0 Å². The molecular formula is C18H26O11. The van der Waals surface area contributed by atoms with Gasteiger partial charge in [0, 0.05) is 25.7 Å². The maximum absolute atomic E-state index is 11.9. The summed E-state index contributed by atoms with van der Waals surface area (Å²) >= 11 is 0. The normalized spacial score (nSPS) is 26.1. The number of ether oxygens (including phenoxy) is 5. The lowest BCUT2D eigenvalue weighted by Crippen LogP contribution is -2.64. The Kier molecular flexibility index (Phi) is 9.53. The van der Waals surface area contributed by atoms with Crippen LogP contribution in [-0.4, -0.2) is 65.7 Å². The zero-order chi connectivity index (χ0) is 22.1. The number of esters is 4. The van der Waals surface area contributed by atoms with Crippen LogP contribution in [0.4, 0.5) is 0 Å². The van der Waals surface area contributed by atoms with Crippen LogP contribution < -0.4 is 0 Å². The van der Waals surface area contributed by atoms with Gasteiger partial charge in [0.1, 0.15) is 0 Å². The van der Waals surface area contributed by atoms with Crippen LogP contribution in [0.5, 0.6) is 0 Å². The Hall–Kier alpha value is -2.69. The second-order valence-corrected chi connectivity index (χ2v) is 6.03. The van der Waals surface area contributed by atoms with Crippen LogP contribution in [0.3, 0.4) is 0 Å². The highest BCUT2D eigenvalue weighted by atomic mass is 16.7. The fraction of sp³-hybridized carbons (Fsp3) is 0.722. The van der Waals surface area contributed by atoms with Gasteiger partial charge in [0.2, 0.25) is 12.4 Å². The average Bonchev–Trinajstić information content (AvgIpc) is 2.70. The number of carbonyl (C=O) groups is 5. The molecule has 11 heteroatoms. The number of hydrogen-bond acceptors (Lipinski definition) is 10. The van der Waals surface area contributed by atoms with Crippen molar-refractivity contribution in [1.29, 1.82) is 0 Å². The summed E-state index contributed by atoms with van der Waals surface area (Å²) in [5.41, 5.74) is 0. The molecule has 0 aromatic heterocycles. The summed E-state index contributed by atoms with van der Waals surface area (Å²) < 4.78 is 26.0. The van der Waals surface area contributed by atoms with Crippen molar-refractivity contribution in [3.8, 4) is 0 Å². The van der Waals surface area contributed by atoms with Gasteiger partial charge in [0.25, 0.3) is 0 Å². The minimum absolute atomic E-state index is 0.0683. The zero-order valence-corrected chi connectivity index (χ0v) is 16.7. The largest absolute Gasteiger partial charge is 0.479 e. The maximum Gasteiger partial charge on any atom is 0.337 e. The molecular weight excluding hydrogens is 392 g/mol. The van der Waals surface area contributed by atoms with E-state index >= 15 is 0 Å². The topological polar surface area (TPSA) is 152 Å². The fourth-order valence-corrected chi connectivity index (χ4v) is 2.41. The van der Waals surface area contributed by atoms with E-state index < -0.39 is 60.6 Å². The number of carbonyl (C=O) groups excluding carboxylic acids is 4. The summed E-state index contributed by atoms with van der Waals surface area (Å²) in [5.74, 6) is -4.61. The molecule has 0 unspecified atom stereocenters. The Morgan fingerprint density at radius 2 is 1.03 bits per heavy atom. The number of aliphatic carboxylic acids is 1. The van der Waals surface area contributed by atoms with Crippen LogP contribution in [-0.2, 0) is 47.7 Å². The third-order valence-corrected chi connectivity index (χ3v) is 3.94. The molecule has 1 heterocycles. The molecule has 0 saturated carbocycles. The van der Waals surface area contributed by atoms with E-state index in [1.807, 2.05) is 0 Å². The molecule has 1 saturated heterocycles. The molecule has 0 aromatic carbocycles. The molecule has 1 fully saturated rings. The third-order valence-electron chi connectivity index (χ3n) is 3.94. The van der Waals surface area contributed by atoms with Crippen LogP contribution in [0, 0.1) is 0 Å². The van der Waals surface area contributed by atoms with Crippen LogP contribution in [0.1, 0.15) is 53.4 Å². The van der Waals surface area contributed by atoms with E-state index in [1.54, 1.807) is 0 Å². The summed E-state index contributed by atoms with van der Waals surface area (Å²) in [6.45, 7) is 5.97. The maximum atomic E-state index is 11.9. The van der Waals surface area contributed by atoms with Gasteiger partial charge in [-0.2, -0.15) is 0 Å². The Morgan fingerprint density at radius 1 is 0.655 bits per heavy atom. The highest BCUT2D eigenvalue weighted by molar-refractivity contribution is 5.76. The first kappa shape index (κ1) is 24.3. The van der Waals surface area contributed by atoms with E-state index in [1.165, 1.54) is 27.7 Å². The Balaban J connectivity index is 3.41. The van der Waals surface area contributed by atoms with Gasteiger partial charge in [0.15, 0.2) is 18.3 Å². The minimum Gasteiger partial charge on any atom is -0.479 e. The zero-order valence-electron chi connectivity index (χ0n) is 16.7. The van der Waals surface area contributed by atoms with Gasteiger partial charge in [-0.15, -0.1) is 0 Å². The standard InChI is InChI=1S/C18H26O11/c1-5-9(19)25-13-14(26-10(20)6-2)16(27-11(21)7-3)18(28-12(22)8-4)29-15(13)17(23)24/h13-16,18H,5-8H2,1-4H3,(H,23,24)/t13-,14-,15-,16+,18+/m0/s1. The predicted octanol–water partition coefficient (Wildman–Crippen LogP) is 0.715. The van der Waals surface area contributed by atoms with Crippen molar-refractivity contribution in [2.75, 3.05) is 0 Å².